The van der Waals surface area contributed by atoms with Crippen molar-refractivity contribution in [3.63, 3.8) is 0 Å². The van der Waals surface area contributed by atoms with Gasteiger partial charge < -0.3 is 15.5 Å². The van der Waals surface area contributed by atoms with Gasteiger partial charge in [-0.2, -0.15) is 0 Å². The highest BCUT2D eigenvalue weighted by Crippen LogP contribution is 2.20. The SMILES string of the molecule is CCCC1CCN(CCC(=O)N(C)CCC(N)=S)C1. The van der Waals surface area contributed by atoms with Gasteiger partial charge in [0.15, 0.2) is 0 Å². The predicted octanol–water partition coefficient (Wildman–Crippen LogP) is 1.63. The molecule has 5 heteroatoms. The van der Waals surface area contributed by atoms with Gasteiger partial charge in [-0.25, -0.2) is 0 Å². The van der Waals surface area contributed by atoms with Gasteiger partial charge >= 0.3 is 0 Å². The molecule has 0 aromatic carbocycles. The molecule has 2 N–H and O–H groups in total. The number of carbonyl (C=O) groups excluding carboxylic acids is 1. The van der Waals surface area contributed by atoms with E-state index in [0.29, 0.717) is 24.4 Å². The molecule has 0 aromatic rings. The molecule has 0 bridgehead atoms. The van der Waals surface area contributed by atoms with Crippen LogP contribution in [0.3, 0.4) is 0 Å². The average molecular weight is 285 g/mol. The third kappa shape index (κ3) is 6.34. The molecule has 110 valence electrons. The maximum absolute atomic E-state index is 11.9. The molecule has 1 amide bonds. The van der Waals surface area contributed by atoms with Crippen molar-refractivity contribution in [3.8, 4) is 0 Å². The molecule has 1 heterocycles. The van der Waals surface area contributed by atoms with Crippen LogP contribution in [0, 0.1) is 5.92 Å². The van der Waals surface area contributed by atoms with Gasteiger partial charge in [0.05, 0.1) is 4.99 Å². The maximum atomic E-state index is 11.9. The summed E-state index contributed by atoms with van der Waals surface area (Å²) in [4.78, 5) is 16.6. The highest BCUT2D eigenvalue weighted by molar-refractivity contribution is 7.80. The summed E-state index contributed by atoms with van der Waals surface area (Å²) in [6, 6.07) is 0. The number of hydrogen-bond donors (Lipinski definition) is 1. The standard InChI is InChI=1S/C14H27N3OS/c1-3-4-12-5-9-17(11-12)10-7-14(18)16(2)8-6-13(15)19/h12H,3-11H2,1-2H3,(H2,15,19). The summed E-state index contributed by atoms with van der Waals surface area (Å²) < 4.78 is 0. The van der Waals surface area contributed by atoms with Gasteiger partial charge in [0.25, 0.3) is 0 Å². The first-order valence-electron chi connectivity index (χ1n) is 7.27. The summed E-state index contributed by atoms with van der Waals surface area (Å²) in [5.41, 5.74) is 5.44. The van der Waals surface area contributed by atoms with Crippen LogP contribution in [-0.4, -0.2) is 53.9 Å². The first kappa shape index (κ1) is 16.4. The summed E-state index contributed by atoms with van der Waals surface area (Å²) in [5.74, 6) is 1.03. The second kappa shape index (κ2) is 8.48. The Balaban J connectivity index is 2.18. The minimum Gasteiger partial charge on any atom is -0.393 e. The normalized spacial score (nSPS) is 19.6. The maximum Gasteiger partial charge on any atom is 0.223 e. The van der Waals surface area contributed by atoms with Crippen molar-refractivity contribution in [1.82, 2.24) is 9.80 Å². The molecule has 1 rings (SSSR count). The molecule has 0 saturated carbocycles. The van der Waals surface area contributed by atoms with Gasteiger partial charge in [0.1, 0.15) is 0 Å². The van der Waals surface area contributed by atoms with E-state index in [1.807, 2.05) is 7.05 Å². The zero-order valence-corrected chi connectivity index (χ0v) is 13.0. The minimum atomic E-state index is 0.190. The van der Waals surface area contributed by atoms with E-state index in [4.69, 9.17) is 18.0 Å². The fourth-order valence-corrected chi connectivity index (χ4v) is 2.70. The first-order valence-corrected chi connectivity index (χ1v) is 7.68. The average Bonchev–Trinajstić information content (AvgIpc) is 2.81. The van der Waals surface area contributed by atoms with E-state index in [2.05, 4.69) is 11.8 Å². The number of likely N-dealkylation sites (tertiary alicyclic amines) is 1. The lowest BCUT2D eigenvalue weighted by Gasteiger charge is -2.20. The fourth-order valence-electron chi connectivity index (χ4n) is 2.61. The summed E-state index contributed by atoms with van der Waals surface area (Å²) in [5, 5.41) is 0. The zero-order valence-electron chi connectivity index (χ0n) is 12.2. The zero-order chi connectivity index (χ0) is 14.3. The number of rotatable bonds is 8. The van der Waals surface area contributed by atoms with Crippen molar-refractivity contribution in [2.24, 2.45) is 11.7 Å². The molecule has 0 aromatic heterocycles. The molecule has 1 unspecified atom stereocenters. The smallest absolute Gasteiger partial charge is 0.223 e. The van der Waals surface area contributed by atoms with Gasteiger partial charge in [-0.15, -0.1) is 0 Å². The van der Waals surface area contributed by atoms with Crippen molar-refractivity contribution in [3.05, 3.63) is 0 Å². The van der Waals surface area contributed by atoms with Gasteiger partial charge in [0, 0.05) is 39.5 Å². The van der Waals surface area contributed by atoms with Crippen molar-refractivity contribution in [1.29, 1.82) is 0 Å². The molecule has 1 aliphatic rings. The Morgan fingerprint density at radius 3 is 2.84 bits per heavy atom. The first-order chi connectivity index (χ1) is 9.02. The topological polar surface area (TPSA) is 49.6 Å². The van der Waals surface area contributed by atoms with Crippen LogP contribution < -0.4 is 5.73 Å². The molecule has 0 aliphatic carbocycles. The predicted molar refractivity (Wildman–Crippen MR) is 83.1 cm³/mol. The molecule has 1 atom stereocenters. The van der Waals surface area contributed by atoms with Gasteiger partial charge in [0.2, 0.25) is 5.91 Å². The summed E-state index contributed by atoms with van der Waals surface area (Å²) in [6.07, 6.45) is 5.09. The molecule has 1 fully saturated rings. The summed E-state index contributed by atoms with van der Waals surface area (Å²) >= 11 is 4.82. The Hall–Kier alpha value is -0.680. The van der Waals surface area contributed by atoms with E-state index in [1.54, 1.807) is 4.90 Å². The minimum absolute atomic E-state index is 0.190. The molecule has 1 saturated heterocycles. The van der Waals surface area contributed by atoms with Crippen molar-refractivity contribution >= 4 is 23.1 Å². The number of thiocarbonyl (C=S) groups is 1. The van der Waals surface area contributed by atoms with Crippen molar-refractivity contribution in [2.75, 3.05) is 33.2 Å². The van der Waals surface area contributed by atoms with E-state index in [-0.39, 0.29) is 5.91 Å². The van der Waals surface area contributed by atoms with Crippen molar-refractivity contribution < 1.29 is 4.79 Å². The lowest BCUT2D eigenvalue weighted by atomic mass is 10.0. The summed E-state index contributed by atoms with van der Waals surface area (Å²) in [7, 11) is 1.82. The van der Waals surface area contributed by atoms with E-state index >= 15 is 0 Å². The highest BCUT2D eigenvalue weighted by atomic mass is 32.1. The van der Waals surface area contributed by atoms with Crippen LogP contribution >= 0.6 is 12.2 Å². The third-order valence-corrected chi connectivity index (χ3v) is 4.03. The molecule has 0 radical (unpaired) electrons. The van der Waals surface area contributed by atoms with Crippen LogP contribution in [0.25, 0.3) is 0 Å². The third-order valence-electron chi connectivity index (χ3n) is 3.83. The number of carbonyl (C=O) groups is 1. The largest absolute Gasteiger partial charge is 0.393 e. The molecular formula is C14H27N3OS. The van der Waals surface area contributed by atoms with E-state index in [1.165, 1.54) is 19.3 Å². The fraction of sp³-hybridized carbons (Fsp3) is 0.857. The van der Waals surface area contributed by atoms with Crippen molar-refractivity contribution in [2.45, 2.75) is 39.0 Å². The number of amides is 1. The van der Waals surface area contributed by atoms with E-state index in [0.717, 1.165) is 25.6 Å². The Morgan fingerprint density at radius 1 is 1.47 bits per heavy atom. The van der Waals surface area contributed by atoms with E-state index < -0.39 is 0 Å². The number of hydrogen-bond acceptors (Lipinski definition) is 3. The quantitative estimate of drug-likeness (QED) is 0.689. The molecule has 1 aliphatic heterocycles. The Morgan fingerprint density at radius 2 is 2.21 bits per heavy atom. The Labute approximate surface area is 122 Å². The van der Waals surface area contributed by atoms with Crippen LogP contribution in [-0.2, 0) is 4.79 Å². The monoisotopic (exact) mass is 285 g/mol. The Bertz CT molecular complexity index is 309. The van der Waals surface area contributed by atoms with Crippen LogP contribution in [0.4, 0.5) is 0 Å². The molecule has 4 nitrogen and oxygen atoms in total. The molecule has 0 spiro atoms. The van der Waals surface area contributed by atoms with Gasteiger partial charge in [-0.05, 0) is 25.3 Å². The van der Waals surface area contributed by atoms with Gasteiger partial charge in [-0.1, -0.05) is 25.6 Å². The lowest BCUT2D eigenvalue weighted by Crippen LogP contribution is -2.33. The lowest BCUT2D eigenvalue weighted by molar-refractivity contribution is -0.130. The second-order valence-corrected chi connectivity index (χ2v) is 6.05. The highest BCUT2D eigenvalue weighted by Gasteiger charge is 2.22. The number of nitrogens with two attached hydrogens (primary N) is 1. The van der Waals surface area contributed by atoms with E-state index in [9.17, 15) is 4.79 Å². The van der Waals surface area contributed by atoms with Gasteiger partial charge in [-0.3, -0.25) is 4.79 Å². The molecule has 19 heavy (non-hydrogen) atoms. The number of nitrogens with zero attached hydrogens (tertiary/aromatic N) is 2. The van der Waals surface area contributed by atoms with Crippen LogP contribution in [0.2, 0.25) is 0 Å². The second-order valence-electron chi connectivity index (χ2n) is 5.53. The van der Waals surface area contributed by atoms with Crippen LogP contribution in [0.15, 0.2) is 0 Å². The summed E-state index contributed by atoms with van der Waals surface area (Å²) in [6.45, 7) is 6.07. The molecular weight excluding hydrogens is 258 g/mol. The Kier molecular flexibility index (Phi) is 7.31. The van der Waals surface area contributed by atoms with Crippen LogP contribution in [0.1, 0.15) is 39.0 Å². The van der Waals surface area contributed by atoms with Crippen LogP contribution in [0.5, 0.6) is 0 Å².